The molecule has 0 unspecified atom stereocenters. The van der Waals surface area contributed by atoms with Gasteiger partial charge in [-0.25, -0.2) is 9.37 Å². The molecule has 32 heavy (non-hydrogen) atoms. The molecule has 8 nitrogen and oxygen atoms in total. The van der Waals surface area contributed by atoms with Gasteiger partial charge < -0.3 is 25.4 Å². The van der Waals surface area contributed by atoms with Crippen LogP contribution in [0.25, 0.3) is 0 Å². The van der Waals surface area contributed by atoms with E-state index < -0.39 is 5.82 Å². The summed E-state index contributed by atoms with van der Waals surface area (Å²) in [6.07, 6.45) is 2.25. The van der Waals surface area contributed by atoms with E-state index in [0.717, 1.165) is 9.77 Å². The molecule has 3 N–H and O–H groups in total. The molecule has 0 aliphatic heterocycles. The van der Waals surface area contributed by atoms with Gasteiger partial charge in [0.15, 0.2) is 11.6 Å². The molecule has 1 amide bonds. The van der Waals surface area contributed by atoms with E-state index in [4.69, 9.17) is 9.47 Å². The van der Waals surface area contributed by atoms with Gasteiger partial charge in [0.05, 0.1) is 18.5 Å². The Bertz CT molecular complexity index is 1100. The number of nitrogens with zero attached hydrogens (tertiary/aromatic N) is 2. The molecule has 0 fully saturated rings. The summed E-state index contributed by atoms with van der Waals surface area (Å²) in [5.74, 6) is -0.0473. The topological polar surface area (TPSA) is 97.4 Å². The Balaban J connectivity index is 1.73. The van der Waals surface area contributed by atoms with Crippen molar-refractivity contribution in [2.24, 2.45) is 0 Å². The van der Waals surface area contributed by atoms with E-state index in [0.29, 0.717) is 36.0 Å². The van der Waals surface area contributed by atoms with E-state index in [-0.39, 0.29) is 17.7 Å². The van der Waals surface area contributed by atoms with E-state index in [2.05, 4.69) is 55.1 Å². The molecule has 1 aromatic heterocycles. The molecule has 0 saturated carbocycles. The maximum atomic E-state index is 14.4. The fraction of sp³-hybridized carbons (Fsp3) is 0.136. The average molecular weight is 549 g/mol. The van der Waals surface area contributed by atoms with Crippen LogP contribution in [-0.4, -0.2) is 36.2 Å². The van der Waals surface area contributed by atoms with Crippen LogP contribution in [0.15, 0.2) is 61.3 Å². The summed E-state index contributed by atoms with van der Waals surface area (Å²) in [5.41, 5.74) is 1.83. The van der Waals surface area contributed by atoms with Gasteiger partial charge in [-0.2, -0.15) is 4.98 Å². The van der Waals surface area contributed by atoms with Gasteiger partial charge >= 0.3 is 0 Å². The second-order valence-corrected chi connectivity index (χ2v) is 7.56. The summed E-state index contributed by atoms with van der Waals surface area (Å²) < 4.78 is 25.7. The Hall–Kier alpha value is -3.25. The van der Waals surface area contributed by atoms with Crippen molar-refractivity contribution in [2.45, 2.75) is 0 Å². The molecule has 0 atom stereocenters. The van der Waals surface area contributed by atoms with E-state index in [1.54, 1.807) is 49.6 Å². The third kappa shape index (κ3) is 6.62. The van der Waals surface area contributed by atoms with Gasteiger partial charge in [-0.3, -0.25) is 4.79 Å². The number of carbonyl (C=O) groups excluding carboxylic acids is 1. The highest BCUT2D eigenvalue weighted by atomic mass is 127. The van der Waals surface area contributed by atoms with Crippen molar-refractivity contribution < 1.29 is 18.7 Å². The Morgan fingerprint density at radius 2 is 1.91 bits per heavy atom. The van der Waals surface area contributed by atoms with Crippen molar-refractivity contribution in [3.8, 4) is 5.75 Å². The van der Waals surface area contributed by atoms with Crippen molar-refractivity contribution in [1.82, 2.24) is 9.97 Å². The molecule has 166 valence electrons. The van der Waals surface area contributed by atoms with Gasteiger partial charge in [0.25, 0.3) is 0 Å². The zero-order chi connectivity index (χ0) is 22.9. The monoisotopic (exact) mass is 549 g/mol. The highest BCUT2D eigenvalue weighted by Gasteiger charge is 2.11. The largest absolute Gasteiger partial charge is 0.491 e. The minimum Gasteiger partial charge on any atom is -0.491 e. The molecule has 0 radical (unpaired) electrons. The zero-order valence-electron chi connectivity index (χ0n) is 17.2. The first-order valence-corrected chi connectivity index (χ1v) is 10.6. The van der Waals surface area contributed by atoms with Gasteiger partial charge in [0, 0.05) is 22.1 Å². The van der Waals surface area contributed by atoms with Crippen LogP contribution in [0.2, 0.25) is 0 Å². The van der Waals surface area contributed by atoms with E-state index >= 15 is 0 Å². The van der Waals surface area contributed by atoms with Crippen LogP contribution in [0.3, 0.4) is 0 Å². The average Bonchev–Trinajstić information content (AvgIpc) is 2.79. The van der Waals surface area contributed by atoms with Gasteiger partial charge in [-0.05, 0) is 71.1 Å². The minimum absolute atomic E-state index is 0.00728. The first-order chi connectivity index (χ1) is 15.5. The molecule has 2 aromatic carbocycles. The number of methoxy groups -OCH3 is 1. The predicted octanol–water partition coefficient (Wildman–Crippen LogP) is 4.86. The van der Waals surface area contributed by atoms with Crippen molar-refractivity contribution >= 4 is 57.3 Å². The van der Waals surface area contributed by atoms with Crippen LogP contribution < -0.4 is 20.7 Å². The van der Waals surface area contributed by atoms with Crippen LogP contribution in [0.4, 0.5) is 33.2 Å². The van der Waals surface area contributed by atoms with Crippen LogP contribution in [0, 0.1) is 9.39 Å². The summed E-state index contributed by atoms with van der Waals surface area (Å²) in [5, 5.41) is 8.65. The van der Waals surface area contributed by atoms with E-state index in [1.165, 1.54) is 6.08 Å². The second-order valence-electron chi connectivity index (χ2n) is 6.39. The normalized spacial score (nSPS) is 10.3. The van der Waals surface area contributed by atoms with Crippen molar-refractivity contribution in [2.75, 3.05) is 36.3 Å². The first kappa shape index (κ1) is 23.4. The number of rotatable bonds is 10. The van der Waals surface area contributed by atoms with Crippen molar-refractivity contribution in [3.05, 3.63) is 70.7 Å². The lowest BCUT2D eigenvalue weighted by molar-refractivity contribution is -0.111. The van der Waals surface area contributed by atoms with E-state index in [9.17, 15) is 9.18 Å². The number of amides is 1. The van der Waals surface area contributed by atoms with Gasteiger partial charge in [0.2, 0.25) is 11.9 Å². The van der Waals surface area contributed by atoms with Gasteiger partial charge in [-0.1, -0.05) is 6.58 Å². The maximum Gasteiger partial charge on any atom is 0.247 e. The zero-order valence-corrected chi connectivity index (χ0v) is 19.4. The van der Waals surface area contributed by atoms with E-state index in [1.807, 2.05) is 0 Å². The fourth-order valence-electron chi connectivity index (χ4n) is 2.54. The third-order valence-corrected chi connectivity index (χ3v) is 5.02. The summed E-state index contributed by atoms with van der Waals surface area (Å²) in [6.45, 7) is 4.38. The van der Waals surface area contributed by atoms with Crippen LogP contribution in [0.1, 0.15) is 0 Å². The first-order valence-electron chi connectivity index (χ1n) is 9.50. The molecule has 0 aliphatic carbocycles. The number of halogens is 2. The lowest BCUT2D eigenvalue weighted by Crippen LogP contribution is -2.08. The lowest BCUT2D eigenvalue weighted by Gasteiger charge is -2.12. The molecule has 3 rings (SSSR count). The van der Waals surface area contributed by atoms with Crippen LogP contribution in [-0.2, 0) is 9.53 Å². The number of hydrogen-bond donors (Lipinski definition) is 3. The Labute approximate surface area is 198 Å². The number of benzene rings is 2. The summed E-state index contributed by atoms with van der Waals surface area (Å²) in [6, 6.07) is 12.4. The molecule has 0 aliphatic rings. The molecular weight excluding hydrogens is 528 g/mol. The van der Waals surface area contributed by atoms with Crippen molar-refractivity contribution in [1.29, 1.82) is 0 Å². The van der Waals surface area contributed by atoms with Crippen LogP contribution in [0.5, 0.6) is 5.75 Å². The highest BCUT2D eigenvalue weighted by molar-refractivity contribution is 14.1. The Morgan fingerprint density at radius 3 is 2.62 bits per heavy atom. The van der Waals surface area contributed by atoms with Crippen molar-refractivity contribution in [3.63, 3.8) is 0 Å². The maximum absolute atomic E-state index is 14.4. The summed E-state index contributed by atoms with van der Waals surface area (Å²) in [4.78, 5) is 19.8. The molecule has 10 heteroatoms. The summed E-state index contributed by atoms with van der Waals surface area (Å²) in [7, 11) is 1.61. The SMILES string of the molecule is C=CC(=O)Nc1ccc(I)c(Nc2nc(Nc3ccc(OCCOC)cc3)ncc2F)c1. The number of nitrogens with one attached hydrogen (secondary N) is 3. The summed E-state index contributed by atoms with van der Waals surface area (Å²) >= 11 is 2.10. The molecule has 3 aromatic rings. The quantitative estimate of drug-likeness (QED) is 0.189. The third-order valence-electron chi connectivity index (χ3n) is 4.08. The molecule has 0 spiro atoms. The number of ether oxygens (including phenoxy) is 2. The van der Waals surface area contributed by atoms with Gasteiger partial charge in [0.1, 0.15) is 12.4 Å². The molecule has 1 heterocycles. The number of hydrogen-bond acceptors (Lipinski definition) is 7. The highest BCUT2D eigenvalue weighted by Crippen LogP contribution is 2.27. The number of anilines is 5. The number of aromatic nitrogens is 2. The smallest absolute Gasteiger partial charge is 0.247 e. The standard InChI is InChI=1S/C22H21FIN5O3/c1-3-20(30)26-15-6-9-18(24)19(12-15)28-21-17(23)13-25-22(29-21)27-14-4-7-16(8-5-14)32-11-10-31-2/h3-9,12-13H,1,10-11H2,2H3,(H,26,30)(H2,25,27,28,29). The number of carbonyl (C=O) groups is 1. The molecule has 0 saturated heterocycles. The molecule has 0 bridgehead atoms. The fourth-order valence-corrected chi connectivity index (χ4v) is 3.01. The van der Waals surface area contributed by atoms with Crippen LogP contribution >= 0.6 is 22.6 Å². The Kier molecular flexibility index (Phi) is 8.34. The lowest BCUT2D eigenvalue weighted by atomic mass is 10.2. The van der Waals surface area contributed by atoms with Gasteiger partial charge in [-0.15, -0.1) is 0 Å². The second kappa shape index (κ2) is 11.4. The predicted molar refractivity (Wildman–Crippen MR) is 130 cm³/mol. The molecular formula is C22H21FIN5O3. The minimum atomic E-state index is -0.617. The Morgan fingerprint density at radius 1 is 1.16 bits per heavy atom.